The molecule has 2 aromatic rings. The molecule has 0 bridgehead atoms. The molecule has 0 aliphatic carbocycles. The number of sulfonamides is 1. The lowest BCUT2D eigenvalue weighted by molar-refractivity contribution is -0.384. The molecule has 4 rings (SSSR count). The lowest BCUT2D eigenvalue weighted by atomic mass is 10.1. The number of carbonyl (C=O) groups excluding carboxylic acids is 1. The number of anilines is 1. The van der Waals surface area contributed by atoms with Gasteiger partial charge in [0.25, 0.3) is 5.69 Å². The number of nitrogens with zero attached hydrogens (tertiary/aromatic N) is 3. The van der Waals surface area contributed by atoms with Crippen LogP contribution < -0.4 is 4.90 Å². The molecule has 0 atom stereocenters. The molecule has 2 fully saturated rings. The van der Waals surface area contributed by atoms with Crippen LogP contribution in [0.1, 0.15) is 35.2 Å². The number of nitro benzene ring substituents is 1. The van der Waals surface area contributed by atoms with E-state index in [-0.39, 0.29) is 22.8 Å². The zero-order valence-electron chi connectivity index (χ0n) is 18.7. The fraction of sp³-hybridized carbons (Fsp3) is 0.435. The summed E-state index contributed by atoms with van der Waals surface area (Å²) in [7, 11) is -3.74. The standard InChI is InChI=1S/C23H27N3O7S/c27-23(33-17-18-5-4-6-19(15-18)26(28)29)21-16-20(34(30,31)25-9-2-1-3-10-25)7-8-22(21)24-11-13-32-14-12-24/h4-8,15-16H,1-3,9-14,17H2. The molecule has 2 aromatic carbocycles. The van der Waals surface area contributed by atoms with Crippen LogP contribution >= 0.6 is 0 Å². The molecule has 2 saturated heterocycles. The van der Waals surface area contributed by atoms with Gasteiger partial charge in [-0.1, -0.05) is 18.6 Å². The first-order valence-corrected chi connectivity index (χ1v) is 12.7. The molecule has 0 N–H and O–H groups in total. The quantitative estimate of drug-likeness (QED) is 0.331. The minimum atomic E-state index is -3.74. The van der Waals surface area contributed by atoms with Crippen molar-refractivity contribution < 1.29 is 27.6 Å². The van der Waals surface area contributed by atoms with Crippen LogP contribution in [-0.4, -0.2) is 63.0 Å². The Kier molecular flexibility index (Phi) is 7.44. The van der Waals surface area contributed by atoms with E-state index in [4.69, 9.17) is 9.47 Å². The fourth-order valence-electron chi connectivity index (χ4n) is 4.16. The summed E-state index contributed by atoms with van der Waals surface area (Å²) in [5.74, 6) is -0.691. The van der Waals surface area contributed by atoms with E-state index in [9.17, 15) is 23.3 Å². The van der Waals surface area contributed by atoms with Gasteiger partial charge in [-0.15, -0.1) is 0 Å². The van der Waals surface area contributed by atoms with Crippen molar-refractivity contribution in [2.45, 2.75) is 30.8 Å². The SMILES string of the molecule is O=C(OCc1cccc([N+](=O)[O-])c1)c1cc(S(=O)(=O)N2CCCCC2)ccc1N1CCOCC1. The number of carbonyl (C=O) groups is 1. The zero-order chi connectivity index (χ0) is 24.1. The van der Waals surface area contributed by atoms with Crippen LogP contribution in [0.15, 0.2) is 47.4 Å². The number of non-ortho nitro benzene ring substituents is 1. The van der Waals surface area contributed by atoms with Gasteiger partial charge in [0, 0.05) is 38.3 Å². The normalized spacial score (nSPS) is 17.4. The predicted molar refractivity (Wildman–Crippen MR) is 124 cm³/mol. The second kappa shape index (κ2) is 10.5. The summed E-state index contributed by atoms with van der Waals surface area (Å²) < 4.78 is 38.7. The minimum absolute atomic E-state index is 0.0497. The molecule has 10 nitrogen and oxygen atoms in total. The highest BCUT2D eigenvalue weighted by molar-refractivity contribution is 7.89. The average Bonchev–Trinajstić information content (AvgIpc) is 2.88. The summed E-state index contributed by atoms with van der Waals surface area (Å²) >= 11 is 0. The summed E-state index contributed by atoms with van der Waals surface area (Å²) in [6, 6.07) is 10.4. The average molecular weight is 490 g/mol. The van der Waals surface area contributed by atoms with Crippen LogP contribution in [0.5, 0.6) is 0 Å². The van der Waals surface area contributed by atoms with Crippen molar-refractivity contribution in [3.63, 3.8) is 0 Å². The van der Waals surface area contributed by atoms with E-state index in [0.717, 1.165) is 19.3 Å². The topological polar surface area (TPSA) is 119 Å². The third kappa shape index (κ3) is 5.37. The first kappa shape index (κ1) is 24.1. The van der Waals surface area contributed by atoms with Gasteiger partial charge >= 0.3 is 5.97 Å². The molecule has 0 saturated carbocycles. The van der Waals surface area contributed by atoms with Crippen LogP contribution in [0.4, 0.5) is 11.4 Å². The first-order valence-electron chi connectivity index (χ1n) is 11.2. The number of morpholine rings is 1. The van der Waals surface area contributed by atoms with Crippen molar-refractivity contribution in [2.75, 3.05) is 44.3 Å². The van der Waals surface area contributed by atoms with Crippen LogP contribution in [0.3, 0.4) is 0 Å². The Hall–Kier alpha value is -3.02. The van der Waals surface area contributed by atoms with Crippen LogP contribution in [0.25, 0.3) is 0 Å². The summed E-state index contributed by atoms with van der Waals surface area (Å²) in [6.07, 6.45) is 2.61. The molecule has 2 aliphatic heterocycles. The van der Waals surface area contributed by atoms with Gasteiger partial charge in [0.1, 0.15) is 6.61 Å². The molecule has 0 aromatic heterocycles. The van der Waals surface area contributed by atoms with E-state index in [1.165, 1.54) is 34.6 Å². The van der Waals surface area contributed by atoms with Gasteiger partial charge in [-0.2, -0.15) is 4.31 Å². The van der Waals surface area contributed by atoms with Gasteiger partial charge in [0.05, 0.1) is 34.3 Å². The largest absolute Gasteiger partial charge is 0.457 e. The Bertz CT molecular complexity index is 1160. The molecular formula is C23H27N3O7S. The molecule has 0 amide bonds. The van der Waals surface area contributed by atoms with Gasteiger partial charge in [-0.25, -0.2) is 13.2 Å². The molecule has 2 aliphatic rings. The van der Waals surface area contributed by atoms with Gasteiger partial charge in [0.15, 0.2) is 0 Å². The van der Waals surface area contributed by atoms with E-state index in [1.807, 2.05) is 4.90 Å². The smallest absolute Gasteiger partial charge is 0.340 e. The van der Waals surface area contributed by atoms with E-state index >= 15 is 0 Å². The van der Waals surface area contributed by atoms with Gasteiger partial charge in [-0.3, -0.25) is 10.1 Å². The minimum Gasteiger partial charge on any atom is -0.457 e. The number of benzene rings is 2. The van der Waals surface area contributed by atoms with Crippen molar-refractivity contribution in [3.05, 3.63) is 63.7 Å². The Balaban J connectivity index is 1.62. The van der Waals surface area contributed by atoms with Crippen LogP contribution in [0, 0.1) is 10.1 Å². The summed E-state index contributed by atoms with van der Waals surface area (Å²) in [5.41, 5.74) is 1.08. The van der Waals surface area contributed by atoms with Crippen molar-refractivity contribution in [3.8, 4) is 0 Å². The Labute approximate surface area is 198 Å². The van der Waals surface area contributed by atoms with E-state index < -0.39 is 20.9 Å². The predicted octanol–water partition coefficient (Wildman–Crippen LogP) is 2.96. The fourth-order valence-corrected chi connectivity index (χ4v) is 5.70. The summed E-state index contributed by atoms with van der Waals surface area (Å²) in [4.78, 5) is 25.6. The molecule has 0 spiro atoms. The molecule has 0 unspecified atom stereocenters. The molecule has 2 heterocycles. The summed E-state index contributed by atoms with van der Waals surface area (Å²) in [6.45, 7) is 2.85. The number of nitro groups is 1. The van der Waals surface area contributed by atoms with Gasteiger partial charge in [0.2, 0.25) is 10.0 Å². The van der Waals surface area contributed by atoms with Gasteiger partial charge < -0.3 is 14.4 Å². The van der Waals surface area contributed by atoms with Crippen molar-refractivity contribution >= 4 is 27.4 Å². The number of rotatable bonds is 7. The number of piperidine rings is 1. The Morgan fingerprint density at radius 1 is 1.03 bits per heavy atom. The van der Waals surface area contributed by atoms with E-state index in [2.05, 4.69) is 0 Å². The molecule has 0 radical (unpaired) electrons. The highest BCUT2D eigenvalue weighted by Crippen LogP contribution is 2.29. The third-order valence-corrected chi connectivity index (χ3v) is 7.88. The molecule has 11 heteroatoms. The second-order valence-corrected chi connectivity index (χ2v) is 10.2. The second-order valence-electron chi connectivity index (χ2n) is 8.25. The van der Waals surface area contributed by atoms with Crippen molar-refractivity contribution in [1.29, 1.82) is 0 Å². The maximum atomic E-state index is 13.2. The third-order valence-electron chi connectivity index (χ3n) is 5.98. The molecular weight excluding hydrogens is 462 g/mol. The Morgan fingerprint density at radius 2 is 1.76 bits per heavy atom. The molecule has 182 valence electrons. The highest BCUT2D eigenvalue weighted by atomic mass is 32.2. The van der Waals surface area contributed by atoms with Gasteiger partial charge in [-0.05, 0) is 36.6 Å². The van der Waals surface area contributed by atoms with E-state index in [0.29, 0.717) is 50.6 Å². The maximum absolute atomic E-state index is 13.2. The molecule has 34 heavy (non-hydrogen) atoms. The highest BCUT2D eigenvalue weighted by Gasteiger charge is 2.29. The number of esters is 1. The zero-order valence-corrected chi connectivity index (χ0v) is 19.5. The monoisotopic (exact) mass is 489 g/mol. The number of ether oxygens (including phenoxy) is 2. The van der Waals surface area contributed by atoms with Crippen LogP contribution in [0.2, 0.25) is 0 Å². The summed E-state index contributed by atoms with van der Waals surface area (Å²) in [5, 5.41) is 11.0. The van der Waals surface area contributed by atoms with Crippen molar-refractivity contribution in [1.82, 2.24) is 4.31 Å². The van der Waals surface area contributed by atoms with Crippen molar-refractivity contribution in [2.24, 2.45) is 0 Å². The Morgan fingerprint density at radius 3 is 2.47 bits per heavy atom. The first-order chi connectivity index (χ1) is 16.4. The number of hydrogen-bond acceptors (Lipinski definition) is 8. The lowest BCUT2D eigenvalue weighted by Gasteiger charge is -2.31. The maximum Gasteiger partial charge on any atom is 0.340 e. The van der Waals surface area contributed by atoms with E-state index in [1.54, 1.807) is 12.1 Å². The van der Waals surface area contributed by atoms with Crippen LogP contribution in [-0.2, 0) is 26.1 Å². The lowest BCUT2D eigenvalue weighted by Crippen LogP contribution is -2.38. The number of hydrogen-bond donors (Lipinski definition) is 0.